The lowest BCUT2D eigenvalue weighted by Crippen LogP contribution is -2.40. The fourth-order valence-corrected chi connectivity index (χ4v) is 2.19. The van der Waals surface area contributed by atoms with Crippen molar-refractivity contribution < 1.29 is 14.4 Å². The molecule has 0 bridgehead atoms. The summed E-state index contributed by atoms with van der Waals surface area (Å²) in [6.45, 7) is 0.403. The van der Waals surface area contributed by atoms with E-state index in [1.807, 2.05) is 24.3 Å². The monoisotopic (exact) mass is 420 g/mol. The Hall–Kier alpha value is -1.64. The first kappa shape index (κ1) is 22.4. The number of nitrogens with one attached hydrogen (secondary N) is 2. The van der Waals surface area contributed by atoms with Gasteiger partial charge in [0.05, 0.1) is 13.1 Å². The lowest BCUT2D eigenvalue weighted by atomic mass is 10.2. The van der Waals surface area contributed by atoms with Crippen LogP contribution in [-0.4, -0.2) is 49.3 Å². The normalized spacial score (nSPS) is 9.62. The Balaban J connectivity index is 0.00000529. The molecule has 134 valence electrons. The summed E-state index contributed by atoms with van der Waals surface area (Å²) in [5.41, 5.74) is 6.12. The van der Waals surface area contributed by atoms with E-state index in [0.717, 1.165) is 10.0 Å². The molecule has 3 amide bonds. The highest BCUT2D eigenvalue weighted by Crippen LogP contribution is 2.17. The summed E-state index contributed by atoms with van der Waals surface area (Å²) in [5, 5.41) is 4.93. The average Bonchev–Trinajstić information content (AvgIpc) is 2.54. The molecule has 0 radical (unpaired) electrons. The van der Waals surface area contributed by atoms with Crippen molar-refractivity contribution in [3.8, 4) is 0 Å². The minimum absolute atomic E-state index is 0. The molecular formula is C15H22BrClN4O3. The van der Waals surface area contributed by atoms with Gasteiger partial charge in [0.15, 0.2) is 0 Å². The molecule has 0 heterocycles. The van der Waals surface area contributed by atoms with Crippen LogP contribution in [-0.2, 0) is 20.9 Å². The highest BCUT2D eigenvalue weighted by Gasteiger charge is 2.11. The van der Waals surface area contributed by atoms with Crippen molar-refractivity contribution >= 4 is 46.1 Å². The van der Waals surface area contributed by atoms with E-state index in [0.29, 0.717) is 6.54 Å². The summed E-state index contributed by atoms with van der Waals surface area (Å²) >= 11 is 3.44. The Morgan fingerprint density at radius 3 is 2.46 bits per heavy atom. The van der Waals surface area contributed by atoms with Gasteiger partial charge in [0.1, 0.15) is 0 Å². The third-order valence-corrected chi connectivity index (χ3v) is 3.86. The molecule has 4 N–H and O–H groups in total. The second-order valence-electron chi connectivity index (χ2n) is 4.92. The summed E-state index contributed by atoms with van der Waals surface area (Å²) in [5.74, 6) is -0.829. The van der Waals surface area contributed by atoms with Crippen LogP contribution in [0.25, 0.3) is 0 Å². The first-order valence-corrected chi connectivity index (χ1v) is 7.94. The van der Waals surface area contributed by atoms with E-state index in [1.54, 1.807) is 11.9 Å². The molecule has 0 aliphatic heterocycles. The number of nitrogens with two attached hydrogens (primary N) is 1. The molecule has 24 heavy (non-hydrogen) atoms. The van der Waals surface area contributed by atoms with Crippen molar-refractivity contribution in [1.82, 2.24) is 15.5 Å². The molecule has 0 unspecified atom stereocenters. The van der Waals surface area contributed by atoms with Gasteiger partial charge >= 0.3 is 0 Å². The first-order chi connectivity index (χ1) is 10.9. The van der Waals surface area contributed by atoms with Crippen LogP contribution in [0.1, 0.15) is 12.0 Å². The highest BCUT2D eigenvalue weighted by molar-refractivity contribution is 9.10. The maximum Gasteiger partial charge on any atom is 0.239 e. The van der Waals surface area contributed by atoms with Crippen LogP contribution in [0.5, 0.6) is 0 Å². The molecule has 0 aliphatic rings. The van der Waals surface area contributed by atoms with E-state index in [9.17, 15) is 14.4 Å². The van der Waals surface area contributed by atoms with Crippen molar-refractivity contribution in [1.29, 1.82) is 0 Å². The number of rotatable bonds is 8. The van der Waals surface area contributed by atoms with E-state index in [4.69, 9.17) is 5.73 Å². The molecule has 0 aliphatic carbocycles. The van der Waals surface area contributed by atoms with Crippen molar-refractivity contribution in [3.63, 3.8) is 0 Å². The minimum Gasteiger partial charge on any atom is -0.354 e. The summed E-state index contributed by atoms with van der Waals surface area (Å²) in [6, 6.07) is 7.68. The Labute approximate surface area is 155 Å². The van der Waals surface area contributed by atoms with Crippen molar-refractivity contribution in [2.45, 2.75) is 13.0 Å². The van der Waals surface area contributed by atoms with Gasteiger partial charge in [-0.05, 0) is 11.6 Å². The Kier molecular flexibility index (Phi) is 11.0. The number of halogens is 2. The number of carbonyl (C=O) groups excluding carboxylic acids is 3. The van der Waals surface area contributed by atoms with Gasteiger partial charge in [-0.15, -0.1) is 12.4 Å². The molecule has 9 heteroatoms. The molecule has 0 saturated carbocycles. The Bertz CT molecular complexity index is 571. The second-order valence-corrected chi connectivity index (χ2v) is 5.78. The summed E-state index contributed by atoms with van der Waals surface area (Å²) in [6.07, 6.45) is 0.192. The zero-order valence-corrected chi connectivity index (χ0v) is 15.8. The lowest BCUT2D eigenvalue weighted by molar-refractivity contribution is -0.130. The number of benzene rings is 1. The SMILES string of the molecule is CN(Cc1ccccc1Br)C(=O)CCNC(=O)CNC(=O)CN.Cl. The Morgan fingerprint density at radius 2 is 1.83 bits per heavy atom. The molecule has 1 aromatic carbocycles. The summed E-state index contributed by atoms with van der Waals surface area (Å²) < 4.78 is 0.948. The molecule has 0 aromatic heterocycles. The van der Waals surface area contributed by atoms with Crippen molar-refractivity contribution in [3.05, 3.63) is 34.3 Å². The fraction of sp³-hybridized carbons (Fsp3) is 0.400. The number of carbonyl (C=O) groups is 3. The molecule has 0 fully saturated rings. The number of hydrogen-bond donors (Lipinski definition) is 3. The topological polar surface area (TPSA) is 105 Å². The van der Waals surface area contributed by atoms with E-state index in [1.165, 1.54) is 0 Å². The van der Waals surface area contributed by atoms with E-state index >= 15 is 0 Å². The van der Waals surface area contributed by atoms with Gasteiger partial charge in [-0.2, -0.15) is 0 Å². The van der Waals surface area contributed by atoms with Gasteiger partial charge in [0, 0.05) is 31.0 Å². The maximum atomic E-state index is 12.0. The highest BCUT2D eigenvalue weighted by atomic mass is 79.9. The third-order valence-electron chi connectivity index (χ3n) is 3.08. The van der Waals surface area contributed by atoms with Crippen LogP contribution in [0.4, 0.5) is 0 Å². The largest absolute Gasteiger partial charge is 0.354 e. The van der Waals surface area contributed by atoms with Gasteiger partial charge in [-0.25, -0.2) is 0 Å². The molecule has 7 nitrogen and oxygen atoms in total. The average molecular weight is 422 g/mol. The van der Waals surface area contributed by atoms with E-state index in [-0.39, 0.29) is 50.3 Å². The standard InChI is InChI=1S/C15H21BrN4O3.ClH/c1-20(10-11-4-2-3-5-12(11)16)15(23)6-7-18-14(22)9-19-13(21)8-17;/h2-5H,6-10,17H2,1H3,(H,18,22)(H,19,21);1H. The fourth-order valence-electron chi connectivity index (χ4n) is 1.78. The van der Waals surface area contributed by atoms with Crippen molar-refractivity contribution in [2.24, 2.45) is 5.73 Å². The molecular weight excluding hydrogens is 400 g/mol. The Morgan fingerprint density at radius 1 is 1.17 bits per heavy atom. The number of nitrogens with zero attached hydrogens (tertiary/aromatic N) is 1. The van der Waals surface area contributed by atoms with Gasteiger partial charge in [0.2, 0.25) is 17.7 Å². The predicted octanol–water partition coefficient (Wildman–Crippen LogP) is 0.410. The lowest BCUT2D eigenvalue weighted by Gasteiger charge is -2.18. The van der Waals surface area contributed by atoms with E-state index in [2.05, 4.69) is 26.6 Å². The molecule has 1 aromatic rings. The van der Waals surface area contributed by atoms with Crippen LogP contribution < -0.4 is 16.4 Å². The minimum atomic E-state index is -0.399. The van der Waals surface area contributed by atoms with Crippen molar-refractivity contribution in [2.75, 3.05) is 26.7 Å². The quantitative estimate of drug-likeness (QED) is 0.565. The maximum absolute atomic E-state index is 12.0. The second kappa shape index (κ2) is 11.8. The smallest absolute Gasteiger partial charge is 0.239 e. The van der Waals surface area contributed by atoms with Crippen LogP contribution in [0.3, 0.4) is 0 Å². The zero-order valence-electron chi connectivity index (χ0n) is 13.4. The van der Waals surface area contributed by atoms with Gasteiger partial charge in [-0.3, -0.25) is 14.4 Å². The number of hydrogen-bond acceptors (Lipinski definition) is 4. The molecule has 1 rings (SSSR count). The molecule has 0 atom stereocenters. The molecule has 0 saturated heterocycles. The van der Waals surface area contributed by atoms with Gasteiger partial charge in [-0.1, -0.05) is 34.1 Å². The van der Waals surface area contributed by atoms with Crippen LogP contribution in [0.15, 0.2) is 28.7 Å². The summed E-state index contributed by atoms with van der Waals surface area (Å²) in [7, 11) is 1.71. The van der Waals surface area contributed by atoms with Gasteiger partial charge < -0.3 is 21.3 Å². The van der Waals surface area contributed by atoms with E-state index < -0.39 is 5.91 Å². The molecule has 0 spiro atoms. The number of amides is 3. The van der Waals surface area contributed by atoms with Gasteiger partial charge in [0.25, 0.3) is 0 Å². The summed E-state index contributed by atoms with van der Waals surface area (Å²) in [4.78, 5) is 36.0. The third kappa shape index (κ3) is 8.28. The van der Waals surface area contributed by atoms with Crippen LogP contribution in [0.2, 0.25) is 0 Å². The van der Waals surface area contributed by atoms with Crippen LogP contribution in [0, 0.1) is 0 Å². The predicted molar refractivity (Wildman–Crippen MR) is 97.6 cm³/mol. The van der Waals surface area contributed by atoms with Crippen LogP contribution >= 0.6 is 28.3 Å². The first-order valence-electron chi connectivity index (χ1n) is 7.15. The zero-order chi connectivity index (χ0) is 17.2.